The molecule has 0 spiro atoms. The molecule has 0 bridgehead atoms. The number of carbonyl (C=O) groups is 3. The number of carboxylic acids is 2. The minimum absolute atomic E-state index is 0.0104. The SMILES string of the molecule is CI.CO.COC(=O)CCC/C=C\C[C@@H]1[C@@H](/C=C/[C@@H](O)COc2cccc(C(F)(F)F)c2)[C@H](O)C[C@@H]1O.NC(N)=[NH+]CCC[C@H]([NH3+])C(=O)[O-].O=C([O-])CCC/C=C\C[C@@H]1[C@@H](/C=C/[C@@H](O)COc2cccc(C(F)(F)F)c2)[C@H](O)C[C@@H]1O. The number of rotatable bonds is 27. The number of unbranched alkanes of at least 4 members (excludes halogenated alkanes) is 2. The monoisotopic (exact) mass is 1280 g/mol. The zero-order valence-electron chi connectivity index (χ0n) is 45.6. The fourth-order valence-corrected chi connectivity index (χ4v) is 8.20. The molecule has 0 aromatic heterocycles. The maximum atomic E-state index is 12.8. The second-order valence-electron chi connectivity index (χ2n) is 18.5. The number of alkyl halides is 7. The first-order valence-electron chi connectivity index (χ1n) is 25.8. The zero-order valence-corrected chi connectivity index (χ0v) is 47.8. The molecular formula is C55H81F6IN4O15. The van der Waals surface area contributed by atoms with Crippen molar-refractivity contribution in [1.82, 2.24) is 0 Å². The van der Waals surface area contributed by atoms with E-state index in [4.69, 9.17) is 26.0 Å². The molecule has 26 heteroatoms. The molecule has 2 aliphatic rings. The van der Waals surface area contributed by atoms with Crippen LogP contribution in [0.1, 0.15) is 88.2 Å². The normalized spacial score (nSPS) is 21.8. The van der Waals surface area contributed by atoms with Crippen molar-refractivity contribution in [1.29, 1.82) is 0 Å². The van der Waals surface area contributed by atoms with Crippen molar-refractivity contribution >= 4 is 46.5 Å². The molecule has 2 fully saturated rings. The summed E-state index contributed by atoms with van der Waals surface area (Å²) < 4.78 is 91.7. The van der Waals surface area contributed by atoms with Gasteiger partial charge in [-0.2, -0.15) is 26.3 Å². The lowest BCUT2D eigenvalue weighted by Gasteiger charge is -2.19. The molecule has 19 nitrogen and oxygen atoms in total. The summed E-state index contributed by atoms with van der Waals surface area (Å²) in [5, 5.41) is 88.8. The number of hydrogen-bond acceptors (Lipinski definition) is 15. The van der Waals surface area contributed by atoms with Crippen LogP contribution in [0.5, 0.6) is 11.5 Å². The van der Waals surface area contributed by atoms with Gasteiger partial charge in [-0.1, -0.05) is 83.3 Å². The fraction of sp³-hybridized carbons (Fsp3) is 0.564. The molecule has 11 atom stereocenters. The van der Waals surface area contributed by atoms with Crippen LogP contribution in [0.2, 0.25) is 0 Å². The Balaban J connectivity index is 0.00000125. The predicted octanol–water partition coefficient (Wildman–Crippen LogP) is 1.02. The number of benzene rings is 2. The first-order chi connectivity index (χ1) is 38.2. The smallest absolute Gasteiger partial charge is 0.416 e. The minimum atomic E-state index is -4.49. The van der Waals surface area contributed by atoms with E-state index in [1.807, 2.05) is 29.2 Å². The summed E-state index contributed by atoms with van der Waals surface area (Å²) >= 11 is 2.15. The molecule has 0 saturated heterocycles. The summed E-state index contributed by atoms with van der Waals surface area (Å²) in [6, 6.07) is 8.08. The molecule has 0 heterocycles. The second kappa shape index (κ2) is 41.6. The number of nitrogens with one attached hydrogen (secondary N) is 1. The fourth-order valence-electron chi connectivity index (χ4n) is 8.20. The van der Waals surface area contributed by atoms with E-state index < -0.39 is 84.0 Å². The number of esters is 1. The van der Waals surface area contributed by atoms with Gasteiger partial charge in [-0.3, -0.25) is 21.3 Å². The lowest BCUT2D eigenvalue weighted by Crippen LogP contribution is -2.78. The van der Waals surface area contributed by atoms with Crippen LogP contribution in [-0.2, 0) is 31.5 Å². The van der Waals surface area contributed by atoms with Gasteiger partial charge in [-0.15, -0.1) is 0 Å². The number of carbonyl (C=O) groups excluding carboxylic acids is 3. The van der Waals surface area contributed by atoms with Crippen molar-refractivity contribution in [3.63, 3.8) is 0 Å². The molecule has 0 radical (unpaired) electrons. The number of hydrogen-bond donors (Lipinski definition) is 11. The van der Waals surface area contributed by atoms with E-state index in [-0.39, 0.29) is 73.7 Å². The van der Waals surface area contributed by atoms with Crippen molar-refractivity contribution in [2.45, 2.75) is 132 Å². The molecule has 2 aromatic rings. The Labute approximate surface area is 482 Å². The van der Waals surface area contributed by atoms with Gasteiger partial charge in [0.1, 0.15) is 43.0 Å². The Morgan fingerprint density at radius 3 is 1.51 bits per heavy atom. The van der Waals surface area contributed by atoms with Crippen molar-refractivity contribution in [3.05, 3.63) is 108 Å². The summed E-state index contributed by atoms with van der Waals surface area (Å²) in [5.74, 6) is -3.71. The average Bonchev–Trinajstić information content (AvgIpc) is 3.86. The lowest BCUT2D eigenvalue weighted by atomic mass is 9.89. The van der Waals surface area contributed by atoms with Gasteiger partial charge < -0.3 is 75.5 Å². The Bertz CT molecular complexity index is 2240. The molecule has 0 unspecified atom stereocenters. The summed E-state index contributed by atoms with van der Waals surface area (Å²) in [6.07, 6.45) is 4.47. The summed E-state index contributed by atoms with van der Waals surface area (Å²) in [5.41, 5.74) is 11.9. The van der Waals surface area contributed by atoms with E-state index in [0.717, 1.165) is 31.4 Å². The van der Waals surface area contributed by atoms with Crippen LogP contribution in [0.15, 0.2) is 97.1 Å². The molecule has 0 aliphatic heterocycles. The molecule has 2 saturated carbocycles. The molecule has 2 aliphatic carbocycles. The van der Waals surface area contributed by atoms with Crippen LogP contribution in [0.3, 0.4) is 0 Å². The first-order valence-corrected chi connectivity index (χ1v) is 28.0. The number of guanidine groups is 1. The Kier molecular flexibility index (Phi) is 38.9. The van der Waals surface area contributed by atoms with E-state index in [2.05, 4.69) is 38.1 Å². The van der Waals surface area contributed by atoms with Gasteiger partial charge in [0.05, 0.1) is 55.2 Å². The highest BCUT2D eigenvalue weighted by Crippen LogP contribution is 2.38. The van der Waals surface area contributed by atoms with E-state index in [1.54, 1.807) is 12.2 Å². The summed E-state index contributed by atoms with van der Waals surface area (Å²) in [4.78, 5) is 36.3. The number of quaternary nitrogens is 1. The van der Waals surface area contributed by atoms with Gasteiger partial charge in [0, 0.05) is 50.6 Å². The lowest BCUT2D eigenvalue weighted by molar-refractivity contribution is -0.466. The van der Waals surface area contributed by atoms with Gasteiger partial charge in [-0.25, -0.2) is 0 Å². The highest BCUT2D eigenvalue weighted by Gasteiger charge is 2.40. The number of ether oxygens (including phenoxy) is 3. The van der Waals surface area contributed by atoms with Crippen molar-refractivity contribution < 1.29 is 112 Å². The molecule has 4 rings (SSSR count). The number of methoxy groups -OCH3 is 1. The Hall–Kier alpha value is -5.33. The van der Waals surface area contributed by atoms with Gasteiger partial charge in [-0.05, 0) is 105 Å². The number of allylic oxidation sites excluding steroid dienone is 4. The number of carboxylic acid groups (broad SMARTS) is 2. The average molecular weight is 1280 g/mol. The number of aliphatic hydroxyl groups excluding tert-OH is 7. The third-order valence-corrected chi connectivity index (χ3v) is 12.4. The van der Waals surface area contributed by atoms with Gasteiger partial charge in [0.25, 0.3) is 0 Å². The van der Waals surface area contributed by atoms with Crippen LogP contribution in [0.4, 0.5) is 26.3 Å². The second-order valence-corrected chi connectivity index (χ2v) is 18.5. The molecular weight excluding hydrogens is 1200 g/mol. The quantitative estimate of drug-likeness (QED) is 0.00869. The number of halogens is 7. The molecule has 460 valence electrons. The standard InChI is InChI=1S/C24H31F3O6.C23H29F3O6.C6H14N4O2.CH3I.CH4O/c1-32-23(31)10-5-3-2-4-9-19-20(22(30)14-21(19)29)12-11-17(28)15-33-18-8-6-7-16(13-18)24(25,26)27;24-23(25,26)15-6-5-7-17(12-15)32-14-16(27)10-11-19-18(20(28)13-21(19)29)8-3-1-2-4-9-22(30)31;7-4(5(11)12)2-1-3-10-6(8)9;2*1-2/h2,4,6-8,11-13,17,19-22,28-30H,3,5,9-10,14-15H2,1H3;1,3,5-7,10-12,16,18-21,27-29H,2,4,8-9,13-14H2,(H,30,31);4H,1-3,7H2,(H,11,12)(H4,8,9,10);1H3;2H,1H3/b4-2-,12-11+;3-1-,11-10+;;;/t17-,19-,20-,21+,22-;16-,18-,19-,20+,21-;4-;;/m110../s1. The van der Waals surface area contributed by atoms with Crippen LogP contribution < -0.4 is 41.9 Å². The third-order valence-electron chi connectivity index (χ3n) is 12.4. The molecule has 0 amide bonds. The highest BCUT2D eigenvalue weighted by atomic mass is 127. The number of nitrogens with two attached hydrogens (primary N) is 2. The number of aliphatic carboxylic acids is 2. The van der Waals surface area contributed by atoms with E-state index in [1.165, 1.54) is 43.5 Å². The van der Waals surface area contributed by atoms with Crippen molar-refractivity contribution in [2.24, 2.45) is 35.1 Å². The summed E-state index contributed by atoms with van der Waals surface area (Å²) in [7, 11) is 2.34. The van der Waals surface area contributed by atoms with Gasteiger partial charge in [0.15, 0.2) is 0 Å². The largest absolute Gasteiger partial charge is 0.550 e. The molecule has 81 heavy (non-hydrogen) atoms. The van der Waals surface area contributed by atoms with Gasteiger partial charge >= 0.3 is 24.3 Å². The van der Waals surface area contributed by atoms with Gasteiger partial charge in [0.2, 0.25) is 0 Å². The zero-order chi connectivity index (χ0) is 61.7. The van der Waals surface area contributed by atoms with Crippen LogP contribution in [0.25, 0.3) is 0 Å². The van der Waals surface area contributed by atoms with Crippen LogP contribution >= 0.6 is 22.6 Å². The predicted molar refractivity (Wildman–Crippen MR) is 292 cm³/mol. The molecule has 15 N–H and O–H groups in total. The summed E-state index contributed by atoms with van der Waals surface area (Å²) in [6.45, 7) is 0.0295. The maximum Gasteiger partial charge on any atom is 0.416 e. The highest BCUT2D eigenvalue weighted by molar-refractivity contribution is 14.1. The van der Waals surface area contributed by atoms with E-state index in [9.17, 15) is 81.6 Å². The van der Waals surface area contributed by atoms with Crippen LogP contribution in [-0.4, -0.2) is 141 Å². The van der Waals surface area contributed by atoms with Crippen LogP contribution in [0, 0.1) is 23.7 Å². The minimum Gasteiger partial charge on any atom is -0.550 e. The third kappa shape index (κ3) is 32.8. The number of aliphatic hydroxyl groups is 7. The molecule has 2 aromatic carbocycles. The van der Waals surface area contributed by atoms with E-state index in [0.29, 0.717) is 64.3 Å². The van der Waals surface area contributed by atoms with E-state index >= 15 is 0 Å². The van der Waals surface area contributed by atoms with Crippen molar-refractivity contribution in [2.75, 3.05) is 38.9 Å². The topological polar surface area (TPSA) is 360 Å². The van der Waals surface area contributed by atoms with Crippen molar-refractivity contribution in [3.8, 4) is 11.5 Å². The first kappa shape index (κ1) is 75.7. The Morgan fingerprint density at radius 1 is 0.716 bits per heavy atom. The maximum absolute atomic E-state index is 12.8. The Morgan fingerprint density at radius 2 is 1.14 bits per heavy atom.